The molecule has 0 aromatic heterocycles. The molecule has 126 valence electrons. The number of carbonyl (C=O) groups is 1. The third kappa shape index (κ3) is 9.51. The zero-order valence-corrected chi connectivity index (χ0v) is 16.0. The Kier molecular flexibility index (Phi) is 11.4. The van der Waals surface area contributed by atoms with Crippen molar-refractivity contribution in [3.05, 3.63) is 0 Å². The molecule has 0 radical (unpaired) electrons. The summed E-state index contributed by atoms with van der Waals surface area (Å²) in [6.45, 7) is 5.33. The molecule has 1 saturated heterocycles. The Morgan fingerprint density at radius 2 is 1.57 bits per heavy atom. The van der Waals surface area contributed by atoms with Crippen LogP contribution in [-0.2, 0) is 4.79 Å². The third-order valence-electron chi connectivity index (χ3n) is 4.34. The predicted octanol–water partition coefficient (Wildman–Crippen LogP) is 0.787. The van der Waals surface area contributed by atoms with Crippen molar-refractivity contribution in [2.24, 2.45) is 0 Å². The van der Waals surface area contributed by atoms with E-state index in [0.717, 1.165) is 30.5 Å². The summed E-state index contributed by atoms with van der Waals surface area (Å²) in [5, 5.41) is 0. The minimum atomic E-state index is 0. The highest BCUT2D eigenvalue weighted by Crippen LogP contribution is 2.14. The van der Waals surface area contributed by atoms with Gasteiger partial charge in [0.05, 0.1) is 20.6 Å². The number of carbonyl (C=O) groups excluding carboxylic acids is 1. The van der Waals surface area contributed by atoms with Crippen molar-refractivity contribution in [2.75, 3.05) is 33.9 Å². The highest BCUT2D eigenvalue weighted by molar-refractivity contribution is 5.77. The van der Waals surface area contributed by atoms with E-state index in [1.165, 1.54) is 57.9 Å². The molecule has 1 fully saturated rings. The van der Waals surface area contributed by atoms with Crippen LogP contribution in [0.15, 0.2) is 0 Å². The molecule has 1 heterocycles. The summed E-state index contributed by atoms with van der Waals surface area (Å²) >= 11 is 0. The number of quaternary nitrogens is 1. The lowest BCUT2D eigenvalue weighted by Gasteiger charge is -2.33. The zero-order valence-electron chi connectivity index (χ0n) is 14.4. The molecule has 1 aliphatic heterocycles. The van der Waals surface area contributed by atoms with E-state index >= 15 is 0 Å². The molecule has 0 unspecified atom stereocenters. The SMILES string of the molecule is CCCCCCCCCC[N+](C)(C)CN1CCCC1=O.[Br-]. The van der Waals surface area contributed by atoms with Crippen LogP contribution >= 0.6 is 0 Å². The van der Waals surface area contributed by atoms with Gasteiger partial charge in [-0.2, -0.15) is 0 Å². The van der Waals surface area contributed by atoms with Crippen molar-refractivity contribution in [1.82, 2.24) is 4.90 Å². The number of rotatable bonds is 11. The number of hydrogen-bond donors (Lipinski definition) is 0. The van der Waals surface area contributed by atoms with Crippen molar-refractivity contribution >= 4 is 5.91 Å². The van der Waals surface area contributed by atoms with Crippen molar-refractivity contribution in [1.29, 1.82) is 0 Å². The van der Waals surface area contributed by atoms with Crippen LogP contribution in [0.2, 0.25) is 0 Å². The zero-order chi connectivity index (χ0) is 14.8. The lowest BCUT2D eigenvalue weighted by Crippen LogP contribution is -3.00. The Morgan fingerprint density at radius 3 is 2.10 bits per heavy atom. The first-order chi connectivity index (χ1) is 9.55. The number of nitrogens with zero attached hydrogens (tertiary/aromatic N) is 2. The van der Waals surface area contributed by atoms with Gasteiger partial charge >= 0.3 is 0 Å². The molecule has 0 saturated carbocycles. The number of amides is 1. The van der Waals surface area contributed by atoms with Crippen LogP contribution in [0, 0.1) is 0 Å². The van der Waals surface area contributed by atoms with Gasteiger partial charge in [-0.25, -0.2) is 0 Å². The molecular formula is C17H35BrN2O. The number of likely N-dealkylation sites (tertiary alicyclic amines) is 1. The van der Waals surface area contributed by atoms with Gasteiger partial charge in [-0.3, -0.25) is 9.69 Å². The summed E-state index contributed by atoms with van der Waals surface area (Å²) in [5.74, 6) is 0.354. The van der Waals surface area contributed by atoms with Crippen molar-refractivity contribution in [3.63, 3.8) is 0 Å². The lowest BCUT2D eigenvalue weighted by atomic mass is 10.1. The molecule has 1 rings (SSSR count). The van der Waals surface area contributed by atoms with E-state index in [-0.39, 0.29) is 17.0 Å². The fraction of sp³-hybridized carbons (Fsp3) is 0.941. The first kappa shape index (κ1) is 20.9. The first-order valence-electron chi connectivity index (χ1n) is 8.65. The molecule has 0 atom stereocenters. The van der Waals surface area contributed by atoms with Crippen LogP contribution in [0.25, 0.3) is 0 Å². The van der Waals surface area contributed by atoms with Gasteiger partial charge in [0.25, 0.3) is 0 Å². The van der Waals surface area contributed by atoms with Gasteiger partial charge in [0.1, 0.15) is 0 Å². The molecule has 1 amide bonds. The fourth-order valence-corrected chi connectivity index (χ4v) is 3.06. The maximum atomic E-state index is 11.7. The summed E-state index contributed by atoms with van der Waals surface area (Å²) < 4.78 is 0.960. The number of unbranched alkanes of at least 4 members (excludes halogenated alkanes) is 7. The van der Waals surface area contributed by atoms with Gasteiger partial charge in [0.2, 0.25) is 5.91 Å². The molecule has 0 N–H and O–H groups in total. The Hall–Kier alpha value is -0.0900. The molecule has 3 nitrogen and oxygen atoms in total. The van der Waals surface area contributed by atoms with Gasteiger partial charge in [0, 0.05) is 13.0 Å². The van der Waals surface area contributed by atoms with E-state index in [1.807, 2.05) is 4.90 Å². The largest absolute Gasteiger partial charge is 1.00 e. The summed E-state index contributed by atoms with van der Waals surface area (Å²) in [4.78, 5) is 13.7. The van der Waals surface area contributed by atoms with E-state index < -0.39 is 0 Å². The molecule has 0 aliphatic carbocycles. The second-order valence-electron chi connectivity index (χ2n) is 7.04. The second kappa shape index (κ2) is 11.5. The number of hydrogen-bond acceptors (Lipinski definition) is 1. The maximum Gasteiger partial charge on any atom is 0.226 e. The standard InChI is InChI=1S/C17H35N2O.BrH/c1-4-5-6-7-8-9-10-11-15-19(2,3)16-18-14-12-13-17(18)20;/h4-16H2,1-3H3;1H/q+1;/p-1. The molecule has 4 heteroatoms. The second-order valence-corrected chi connectivity index (χ2v) is 7.04. The minimum Gasteiger partial charge on any atom is -1.00 e. The highest BCUT2D eigenvalue weighted by Gasteiger charge is 2.26. The predicted molar refractivity (Wildman–Crippen MR) is 85.4 cm³/mol. The Bertz CT molecular complexity index is 282. The van der Waals surface area contributed by atoms with Crippen LogP contribution in [0.4, 0.5) is 0 Å². The quantitative estimate of drug-likeness (QED) is 0.393. The summed E-state index contributed by atoms with van der Waals surface area (Å²) in [7, 11) is 4.51. The van der Waals surface area contributed by atoms with Crippen LogP contribution in [0.3, 0.4) is 0 Å². The summed E-state index contributed by atoms with van der Waals surface area (Å²) in [5.41, 5.74) is 0. The molecular weight excluding hydrogens is 328 g/mol. The van der Waals surface area contributed by atoms with E-state index in [4.69, 9.17) is 0 Å². The lowest BCUT2D eigenvalue weighted by molar-refractivity contribution is -0.899. The molecule has 0 aromatic carbocycles. The number of halogens is 1. The maximum absolute atomic E-state index is 11.7. The van der Waals surface area contributed by atoms with E-state index in [9.17, 15) is 4.79 Å². The van der Waals surface area contributed by atoms with Crippen molar-refractivity contribution in [2.45, 2.75) is 71.1 Å². The summed E-state index contributed by atoms with van der Waals surface area (Å²) in [6, 6.07) is 0. The fourth-order valence-electron chi connectivity index (χ4n) is 3.06. The smallest absolute Gasteiger partial charge is 0.226 e. The Labute approximate surface area is 142 Å². The van der Waals surface area contributed by atoms with E-state index in [0.29, 0.717) is 5.91 Å². The normalized spacial score (nSPS) is 15.4. The third-order valence-corrected chi connectivity index (χ3v) is 4.34. The van der Waals surface area contributed by atoms with Gasteiger partial charge in [-0.05, 0) is 19.3 Å². The van der Waals surface area contributed by atoms with Crippen LogP contribution in [-0.4, -0.2) is 49.1 Å². The van der Waals surface area contributed by atoms with Gasteiger partial charge < -0.3 is 21.5 Å². The first-order valence-corrected chi connectivity index (χ1v) is 8.65. The Balaban J connectivity index is 0.00000400. The summed E-state index contributed by atoms with van der Waals surface area (Å²) in [6.07, 6.45) is 12.8. The van der Waals surface area contributed by atoms with Gasteiger partial charge in [-0.15, -0.1) is 0 Å². The highest BCUT2D eigenvalue weighted by atomic mass is 79.9. The van der Waals surface area contributed by atoms with Crippen LogP contribution < -0.4 is 17.0 Å². The van der Waals surface area contributed by atoms with Crippen LogP contribution in [0.5, 0.6) is 0 Å². The molecule has 1 aliphatic rings. The van der Waals surface area contributed by atoms with Crippen molar-refractivity contribution in [3.8, 4) is 0 Å². The van der Waals surface area contributed by atoms with E-state index in [1.54, 1.807) is 0 Å². The average molecular weight is 363 g/mol. The van der Waals surface area contributed by atoms with Crippen molar-refractivity contribution < 1.29 is 26.3 Å². The monoisotopic (exact) mass is 362 g/mol. The molecule has 0 spiro atoms. The molecule has 0 aromatic rings. The van der Waals surface area contributed by atoms with Crippen LogP contribution in [0.1, 0.15) is 71.1 Å². The van der Waals surface area contributed by atoms with Gasteiger partial charge in [0.15, 0.2) is 6.67 Å². The van der Waals surface area contributed by atoms with Gasteiger partial charge in [-0.1, -0.05) is 45.4 Å². The average Bonchev–Trinajstić information content (AvgIpc) is 2.77. The van der Waals surface area contributed by atoms with E-state index in [2.05, 4.69) is 21.0 Å². The Morgan fingerprint density at radius 1 is 1.00 bits per heavy atom. The molecule has 0 bridgehead atoms. The molecule has 21 heavy (non-hydrogen) atoms. The topological polar surface area (TPSA) is 20.3 Å². The minimum absolute atomic E-state index is 0.